The van der Waals surface area contributed by atoms with Crippen LogP contribution in [0.5, 0.6) is 0 Å². The van der Waals surface area contributed by atoms with Gasteiger partial charge < -0.3 is 4.42 Å². The molecule has 36 heavy (non-hydrogen) atoms. The predicted octanol–water partition coefficient (Wildman–Crippen LogP) is 9.16. The summed E-state index contributed by atoms with van der Waals surface area (Å²) in [4.78, 5) is 3.86. The normalized spacial score (nSPS) is 11.7. The zero-order chi connectivity index (χ0) is 25.7. The first kappa shape index (κ1) is 23.8. The molecule has 3 heteroatoms. The molecule has 0 aliphatic heterocycles. The SMILES string of the molecule is [C-]#[N+]c1ccc2c(oc3c(-c4ccc(C(C)C)c(C)[n+]4C)c(C)ccc32)c1-c1ccc(C(C)C)cc1. The first-order chi connectivity index (χ1) is 17.2. The molecule has 2 aromatic heterocycles. The highest BCUT2D eigenvalue weighted by Crippen LogP contribution is 2.44. The van der Waals surface area contributed by atoms with Gasteiger partial charge in [0.2, 0.25) is 5.69 Å². The van der Waals surface area contributed by atoms with Crippen LogP contribution in [0, 0.1) is 20.4 Å². The van der Waals surface area contributed by atoms with E-state index in [1.807, 2.05) is 12.1 Å². The van der Waals surface area contributed by atoms with Gasteiger partial charge in [0, 0.05) is 34.9 Å². The van der Waals surface area contributed by atoms with Gasteiger partial charge in [-0.15, -0.1) is 0 Å². The molecular formula is C33H33N2O+. The number of aromatic nitrogens is 1. The molecule has 0 N–H and O–H groups in total. The Morgan fingerprint density at radius 1 is 0.750 bits per heavy atom. The predicted molar refractivity (Wildman–Crippen MR) is 150 cm³/mol. The number of hydrogen-bond acceptors (Lipinski definition) is 1. The Bertz CT molecular complexity index is 1660. The van der Waals surface area contributed by atoms with Crippen molar-refractivity contribution < 1.29 is 8.98 Å². The number of hydrogen-bond donors (Lipinski definition) is 0. The lowest BCUT2D eigenvalue weighted by atomic mass is 9.95. The summed E-state index contributed by atoms with van der Waals surface area (Å²) in [5, 5.41) is 2.12. The van der Waals surface area contributed by atoms with Crippen LogP contribution in [-0.2, 0) is 7.05 Å². The highest BCUT2D eigenvalue weighted by molar-refractivity contribution is 6.15. The number of benzene rings is 3. The van der Waals surface area contributed by atoms with Crippen molar-refractivity contribution in [2.24, 2.45) is 7.05 Å². The Balaban J connectivity index is 1.82. The molecule has 0 spiro atoms. The first-order valence-electron chi connectivity index (χ1n) is 12.7. The molecule has 0 radical (unpaired) electrons. The fraction of sp³-hybridized carbons (Fsp3) is 0.273. The topological polar surface area (TPSA) is 21.4 Å². The van der Waals surface area contributed by atoms with Crippen LogP contribution in [0.15, 0.2) is 65.1 Å². The maximum atomic E-state index is 7.85. The van der Waals surface area contributed by atoms with Crippen LogP contribution in [0.2, 0.25) is 0 Å². The third-order valence-electron chi connectivity index (χ3n) is 7.56. The Morgan fingerprint density at radius 2 is 1.39 bits per heavy atom. The van der Waals surface area contributed by atoms with Crippen molar-refractivity contribution in [1.82, 2.24) is 0 Å². The summed E-state index contributed by atoms with van der Waals surface area (Å²) in [5.41, 5.74) is 11.4. The van der Waals surface area contributed by atoms with E-state index < -0.39 is 0 Å². The van der Waals surface area contributed by atoms with E-state index in [9.17, 15) is 0 Å². The molecule has 3 nitrogen and oxygen atoms in total. The minimum absolute atomic E-state index is 0.457. The van der Waals surface area contributed by atoms with Crippen molar-refractivity contribution in [1.29, 1.82) is 0 Å². The summed E-state index contributed by atoms with van der Waals surface area (Å²) in [6.45, 7) is 21.0. The molecule has 0 fully saturated rings. The van der Waals surface area contributed by atoms with Gasteiger partial charge in [-0.1, -0.05) is 76.2 Å². The van der Waals surface area contributed by atoms with Crippen LogP contribution in [0.25, 0.3) is 49.2 Å². The second kappa shape index (κ2) is 8.95. The maximum Gasteiger partial charge on any atom is 0.216 e. The fourth-order valence-electron chi connectivity index (χ4n) is 5.35. The minimum Gasteiger partial charge on any atom is -0.456 e. The molecule has 0 aliphatic carbocycles. The van der Waals surface area contributed by atoms with Gasteiger partial charge >= 0.3 is 0 Å². The van der Waals surface area contributed by atoms with Crippen molar-refractivity contribution >= 4 is 27.6 Å². The fourth-order valence-corrected chi connectivity index (χ4v) is 5.35. The molecule has 3 aromatic carbocycles. The van der Waals surface area contributed by atoms with Crippen LogP contribution in [-0.4, -0.2) is 0 Å². The lowest BCUT2D eigenvalue weighted by Gasteiger charge is -2.11. The third kappa shape index (κ3) is 3.69. The van der Waals surface area contributed by atoms with Gasteiger partial charge in [-0.2, -0.15) is 4.57 Å². The summed E-state index contributed by atoms with van der Waals surface area (Å²) in [7, 11) is 2.14. The quantitative estimate of drug-likeness (QED) is 0.188. The molecule has 0 saturated carbocycles. The van der Waals surface area contributed by atoms with Crippen molar-refractivity contribution in [2.75, 3.05) is 0 Å². The minimum atomic E-state index is 0.457. The average molecular weight is 474 g/mol. The van der Waals surface area contributed by atoms with Gasteiger partial charge in [0.1, 0.15) is 18.2 Å². The van der Waals surface area contributed by atoms with E-state index >= 15 is 0 Å². The summed E-state index contributed by atoms with van der Waals surface area (Å²) in [5.74, 6) is 0.920. The molecule has 180 valence electrons. The molecule has 0 unspecified atom stereocenters. The van der Waals surface area contributed by atoms with Crippen LogP contribution in [0.3, 0.4) is 0 Å². The molecule has 0 saturated heterocycles. The number of pyridine rings is 1. The van der Waals surface area contributed by atoms with Crippen molar-refractivity contribution in [2.45, 2.75) is 53.4 Å². The van der Waals surface area contributed by atoms with Gasteiger partial charge in [0.05, 0.1) is 12.1 Å². The smallest absolute Gasteiger partial charge is 0.216 e. The van der Waals surface area contributed by atoms with Crippen molar-refractivity contribution in [3.8, 4) is 22.4 Å². The van der Waals surface area contributed by atoms with E-state index in [0.29, 0.717) is 17.5 Å². The Hall–Kier alpha value is -3.90. The zero-order valence-electron chi connectivity index (χ0n) is 22.2. The first-order valence-corrected chi connectivity index (χ1v) is 12.7. The number of furan rings is 1. The second-order valence-corrected chi connectivity index (χ2v) is 10.4. The highest BCUT2D eigenvalue weighted by atomic mass is 16.3. The summed E-state index contributed by atoms with van der Waals surface area (Å²) in [6, 6.07) is 21.3. The lowest BCUT2D eigenvalue weighted by Crippen LogP contribution is -2.36. The zero-order valence-corrected chi connectivity index (χ0v) is 22.2. The molecule has 0 aliphatic rings. The molecular weight excluding hydrogens is 440 g/mol. The summed E-state index contributed by atoms with van der Waals surface area (Å²) < 4.78 is 9.02. The maximum absolute atomic E-state index is 7.85. The van der Waals surface area contributed by atoms with Crippen LogP contribution in [0.1, 0.15) is 61.9 Å². The van der Waals surface area contributed by atoms with Crippen LogP contribution in [0.4, 0.5) is 5.69 Å². The van der Waals surface area contributed by atoms with Crippen LogP contribution >= 0.6 is 0 Å². The summed E-state index contributed by atoms with van der Waals surface area (Å²) in [6.07, 6.45) is 0. The third-order valence-corrected chi connectivity index (χ3v) is 7.56. The molecule has 2 heterocycles. The molecule has 0 bridgehead atoms. The van der Waals surface area contributed by atoms with Crippen LogP contribution < -0.4 is 4.57 Å². The monoisotopic (exact) mass is 473 g/mol. The standard InChI is InChI=1S/C33H33N2O/c1-19(2)23-10-12-24(13-11-23)31-28(34-7)17-15-27-26-14-9-21(5)30(32(26)36-33(27)31)29-18-16-25(20(3)4)22(6)35(29)8/h9-20H,1-6,8H3/q+1. The van der Waals surface area contributed by atoms with Gasteiger partial charge in [0.25, 0.3) is 0 Å². The largest absolute Gasteiger partial charge is 0.456 e. The lowest BCUT2D eigenvalue weighted by molar-refractivity contribution is -0.667. The van der Waals surface area contributed by atoms with E-state index in [-0.39, 0.29) is 0 Å². The van der Waals surface area contributed by atoms with Crippen molar-refractivity contribution in [3.05, 3.63) is 94.5 Å². The Labute approximate surface area is 213 Å². The van der Waals surface area contributed by atoms with E-state index in [2.05, 4.69) is 107 Å². The number of fused-ring (bicyclic) bond motifs is 3. The van der Waals surface area contributed by atoms with E-state index in [1.54, 1.807) is 0 Å². The second-order valence-electron chi connectivity index (χ2n) is 10.4. The van der Waals surface area contributed by atoms with Gasteiger partial charge in [-0.05, 0) is 41.5 Å². The Morgan fingerprint density at radius 3 is 2.00 bits per heavy atom. The number of rotatable bonds is 4. The summed E-state index contributed by atoms with van der Waals surface area (Å²) >= 11 is 0. The highest BCUT2D eigenvalue weighted by Gasteiger charge is 2.25. The van der Waals surface area contributed by atoms with E-state index in [1.165, 1.54) is 22.4 Å². The number of aryl methyl sites for hydroxylation is 1. The van der Waals surface area contributed by atoms with E-state index in [0.717, 1.165) is 44.3 Å². The van der Waals surface area contributed by atoms with E-state index in [4.69, 9.17) is 11.0 Å². The Kier molecular flexibility index (Phi) is 5.92. The molecule has 0 atom stereocenters. The number of nitrogens with zero attached hydrogens (tertiary/aromatic N) is 2. The molecule has 0 amide bonds. The van der Waals surface area contributed by atoms with Crippen molar-refractivity contribution in [3.63, 3.8) is 0 Å². The molecule has 5 rings (SSSR count). The average Bonchev–Trinajstić information content (AvgIpc) is 3.23. The molecule has 5 aromatic rings. The van der Waals surface area contributed by atoms with Gasteiger partial charge in [-0.25, -0.2) is 4.85 Å². The van der Waals surface area contributed by atoms with Gasteiger partial charge in [-0.3, -0.25) is 0 Å². The van der Waals surface area contributed by atoms with Gasteiger partial charge in [0.15, 0.2) is 11.4 Å².